The Kier molecular flexibility index (Phi) is 4.42. The molecule has 2 spiro atoms. The average molecular weight is 487 g/mol. The lowest BCUT2D eigenvalue weighted by molar-refractivity contribution is -0.347. The second-order valence-electron chi connectivity index (χ2n) is 15.5. The van der Waals surface area contributed by atoms with Crippen LogP contribution in [0.2, 0.25) is 0 Å². The fourth-order valence-electron chi connectivity index (χ4n) is 12.0. The number of fused-ring (bicyclic) bond motifs is 6. The molecule has 0 aromatic rings. The molecule has 12 atom stereocenters. The Bertz CT molecular complexity index is 972. The molecule has 4 aliphatic carbocycles. The number of carbonyl (C=O) groups excluding carboxylic acids is 1. The third kappa shape index (κ3) is 2.54. The van der Waals surface area contributed by atoms with E-state index in [4.69, 9.17) is 14.2 Å². The van der Waals surface area contributed by atoms with Crippen molar-refractivity contribution in [1.82, 2.24) is 0 Å². The van der Waals surface area contributed by atoms with Crippen molar-refractivity contribution in [1.29, 1.82) is 0 Å². The van der Waals surface area contributed by atoms with Gasteiger partial charge in [0.1, 0.15) is 6.10 Å². The normalized spacial score (nSPS) is 61.5. The second-order valence-corrected chi connectivity index (χ2v) is 15.5. The van der Waals surface area contributed by atoms with Crippen LogP contribution in [0, 0.1) is 51.2 Å². The van der Waals surface area contributed by atoms with Crippen LogP contribution in [-0.4, -0.2) is 47.2 Å². The highest BCUT2D eigenvalue weighted by atomic mass is 16.7. The Labute approximate surface area is 211 Å². The average Bonchev–Trinajstić information content (AvgIpc) is 3.38. The molecule has 0 radical (unpaired) electrons. The number of epoxide rings is 1. The van der Waals surface area contributed by atoms with Crippen molar-refractivity contribution in [3.63, 3.8) is 0 Å². The van der Waals surface area contributed by atoms with Crippen molar-refractivity contribution in [3.05, 3.63) is 0 Å². The minimum absolute atomic E-state index is 0.0157. The Morgan fingerprint density at radius 3 is 2.51 bits per heavy atom. The quantitative estimate of drug-likeness (QED) is 0.548. The molecule has 35 heavy (non-hydrogen) atoms. The molecule has 3 heterocycles. The van der Waals surface area contributed by atoms with E-state index in [2.05, 4.69) is 48.5 Å². The summed E-state index contributed by atoms with van der Waals surface area (Å²) in [7, 11) is 0. The van der Waals surface area contributed by atoms with E-state index < -0.39 is 11.4 Å². The highest BCUT2D eigenvalue weighted by Crippen LogP contribution is 2.81. The molecule has 3 saturated heterocycles. The summed E-state index contributed by atoms with van der Waals surface area (Å²) in [5, 5.41) is 11.9. The lowest BCUT2D eigenvalue weighted by Gasteiger charge is -2.68. The number of hydrogen-bond donors (Lipinski definition) is 1. The van der Waals surface area contributed by atoms with Gasteiger partial charge in [-0.2, -0.15) is 0 Å². The van der Waals surface area contributed by atoms with Gasteiger partial charge in [-0.1, -0.05) is 41.5 Å². The van der Waals surface area contributed by atoms with Crippen LogP contribution in [0.5, 0.6) is 0 Å². The van der Waals surface area contributed by atoms with Crippen LogP contribution in [-0.2, 0) is 19.0 Å². The lowest BCUT2D eigenvalue weighted by atomic mass is 9.35. The van der Waals surface area contributed by atoms with Gasteiger partial charge >= 0.3 is 0 Å². The van der Waals surface area contributed by atoms with Gasteiger partial charge in [-0.25, -0.2) is 0 Å². The van der Waals surface area contributed by atoms with Crippen LogP contribution in [0.25, 0.3) is 0 Å². The van der Waals surface area contributed by atoms with Crippen LogP contribution >= 0.6 is 0 Å². The van der Waals surface area contributed by atoms with Crippen molar-refractivity contribution < 1.29 is 24.1 Å². The van der Waals surface area contributed by atoms with Crippen LogP contribution in [0.4, 0.5) is 0 Å². The van der Waals surface area contributed by atoms with E-state index >= 15 is 0 Å². The Balaban J connectivity index is 1.29. The van der Waals surface area contributed by atoms with Crippen molar-refractivity contribution in [2.75, 3.05) is 6.61 Å². The van der Waals surface area contributed by atoms with Crippen molar-refractivity contribution in [3.8, 4) is 0 Å². The number of ether oxygens (including phenoxy) is 3. The largest absolute Gasteiger partial charge is 0.390 e. The third-order valence-electron chi connectivity index (χ3n) is 13.1. The van der Waals surface area contributed by atoms with Crippen LogP contribution < -0.4 is 0 Å². The first kappa shape index (κ1) is 23.6. The first-order valence-electron chi connectivity index (χ1n) is 14.5. The topological polar surface area (TPSA) is 68.3 Å². The zero-order chi connectivity index (χ0) is 25.0. The highest BCUT2D eigenvalue weighted by molar-refractivity contribution is 5.92. The van der Waals surface area contributed by atoms with Gasteiger partial charge in [-0.05, 0) is 68.1 Å². The maximum absolute atomic E-state index is 13.2. The molecular formula is C30H46O5. The van der Waals surface area contributed by atoms with Crippen LogP contribution in [0.15, 0.2) is 0 Å². The number of aliphatic hydroxyl groups is 1. The molecule has 0 aromatic carbocycles. The van der Waals surface area contributed by atoms with E-state index in [1.54, 1.807) is 0 Å². The SMILES string of the molecule is CC(C)C[C@@H]1C[C@](C)(O)[C@@H]2[C@H]3CC[C@@H]4[C@@]5(C)[C@H]6O[C@H]6C(=O)C(C)(C)[C@@H]5CC[C@@]4(C)[C@@]34CO[C@@]2(C4)O1. The molecule has 1 N–H and O–H groups in total. The van der Waals surface area contributed by atoms with Gasteiger partial charge < -0.3 is 19.3 Å². The molecule has 7 aliphatic rings. The fraction of sp³-hybridized carbons (Fsp3) is 0.967. The zero-order valence-electron chi connectivity index (χ0n) is 22.9. The molecule has 4 saturated carbocycles. The zero-order valence-corrected chi connectivity index (χ0v) is 22.9. The molecule has 0 aromatic heterocycles. The molecule has 5 nitrogen and oxygen atoms in total. The standard InChI is InChI=1S/C30H46O5/c1-16(2)12-17-13-27(6,32)22-18-8-9-20-26(5,29(18)14-30(22,35-17)33-15-29)11-10-19-25(3,4)23(31)21-24(34-21)28(19,20)7/h16-22,24,32H,8-15H2,1-7H3/t17-,18-,19+,20+,21+,22+,24+,26-,27+,28+,29+,30+/m1/s1. The minimum Gasteiger partial charge on any atom is -0.390 e. The van der Waals surface area contributed by atoms with Gasteiger partial charge in [0.25, 0.3) is 0 Å². The van der Waals surface area contributed by atoms with E-state index in [0.717, 1.165) is 45.1 Å². The fourth-order valence-corrected chi connectivity index (χ4v) is 12.0. The number of hydrogen-bond acceptors (Lipinski definition) is 5. The predicted molar refractivity (Wildman–Crippen MR) is 131 cm³/mol. The van der Waals surface area contributed by atoms with Gasteiger partial charge in [0, 0.05) is 35.0 Å². The number of Topliss-reactive ketones (excluding diaryl/α,β-unsaturated/α-hetero) is 1. The van der Waals surface area contributed by atoms with Gasteiger partial charge in [-0.15, -0.1) is 0 Å². The summed E-state index contributed by atoms with van der Waals surface area (Å²) in [6.45, 7) is 16.7. The maximum Gasteiger partial charge on any atom is 0.175 e. The van der Waals surface area contributed by atoms with Crippen LogP contribution in [0.1, 0.15) is 93.4 Å². The summed E-state index contributed by atoms with van der Waals surface area (Å²) in [4.78, 5) is 13.2. The highest BCUT2D eigenvalue weighted by Gasteiger charge is 2.83. The van der Waals surface area contributed by atoms with E-state index in [-0.39, 0.29) is 45.9 Å². The van der Waals surface area contributed by atoms with Crippen molar-refractivity contribution in [2.24, 2.45) is 51.2 Å². The molecule has 196 valence electrons. The van der Waals surface area contributed by atoms with Gasteiger partial charge in [0.15, 0.2) is 11.6 Å². The van der Waals surface area contributed by atoms with E-state index in [1.807, 2.05) is 0 Å². The molecular weight excluding hydrogens is 440 g/mol. The van der Waals surface area contributed by atoms with Crippen molar-refractivity contribution >= 4 is 5.78 Å². The summed E-state index contributed by atoms with van der Waals surface area (Å²) in [6, 6.07) is 0. The predicted octanol–water partition coefficient (Wildman–Crippen LogP) is 5.13. The number of ketones is 1. The van der Waals surface area contributed by atoms with Gasteiger partial charge in [-0.3, -0.25) is 4.79 Å². The Morgan fingerprint density at radius 2 is 1.80 bits per heavy atom. The van der Waals surface area contributed by atoms with Gasteiger partial charge in [0.2, 0.25) is 0 Å². The summed E-state index contributed by atoms with van der Waals surface area (Å²) < 4.78 is 19.9. The minimum atomic E-state index is -0.765. The Morgan fingerprint density at radius 1 is 1.06 bits per heavy atom. The second kappa shape index (κ2) is 6.55. The summed E-state index contributed by atoms with van der Waals surface area (Å²) in [5.41, 5.74) is -0.944. The number of rotatable bonds is 2. The van der Waals surface area contributed by atoms with Crippen molar-refractivity contribution in [2.45, 2.75) is 123 Å². The van der Waals surface area contributed by atoms with E-state index in [1.165, 1.54) is 0 Å². The maximum atomic E-state index is 13.2. The van der Waals surface area contributed by atoms with E-state index in [0.29, 0.717) is 35.9 Å². The van der Waals surface area contributed by atoms with Crippen LogP contribution in [0.3, 0.4) is 0 Å². The summed E-state index contributed by atoms with van der Waals surface area (Å²) in [5.74, 6) is 1.57. The first-order chi connectivity index (χ1) is 16.2. The molecule has 7 fully saturated rings. The van der Waals surface area contributed by atoms with E-state index in [9.17, 15) is 9.90 Å². The monoisotopic (exact) mass is 486 g/mol. The molecule has 2 bridgehead atoms. The third-order valence-corrected chi connectivity index (χ3v) is 13.1. The van der Waals surface area contributed by atoms with Gasteiger partial charge in [0.05, 0.1) is 24.4 Å². The Hall–Kier alpha value is -0.490. The molecule has 0 amide bonds. The molecule has 5 heteroatoms. The smallest absolute Gasteiger partial charge is 0.175 e. The summed E-state index contributed by atoms with van der Waals surface area (Å²) >= 11 is 0. The lowest BCUT2D eigenvalue weighted by Crippen LogP contribution is -2.68. The molecule has 3 aliphatic heterocycles. The molecule has 7 rings (SSSR count). The summed E-state index contributed by atoms with van der Waals surface area (Å²) in [6.07, 6.45) is 7.03. The molecule has 0 unspecified atom stereocenters. The number of carbonyl (C=O) groups is 1. The first-order valence-corrected chi connectivity index (χ1v) is 14.5.